The van der Waals surface area contributed by atoms with Crippen LogP contribution in [0.25, 0.3) is 0 Å². The molecule has 0 spiro atoms. The van der Waals surface area contributed by atoms with E-state index in [1.807, 2.05) is 6.92 Å². The van der Waals surface area contributed by atoms with Gasteiger partial charge in [-0.25, -0.2) is 15.8 Å². The maximum atomic E-state index is 9.70. The van der Waals surface area contributed by atoms with Crippen LogP contribution in [0.3, 0.4) is 0 Å². The summed E-state index contributed by atoms with van der Waals surface area (Å²) in [7, 11) is 0. The van der Waals surface area contributed by atoms with Crippen LogP contribution in [0.15, 0.2) is 0 Å². The molecule has 0 bridgehead atoms. The molecule has 5 N–H and O–H groups in total. The third-order valence-electron chi connectivity index (χ3n) is 4.43. The zero-order chi connectivity index (χ0) is 15.3. The Hall–Kier alpha value is -1.40. The molecule has 0 aliphatic heterocycles. The summed E-state index contributed by atoms with van der Waals surface area (Å²) in [6.45, 7) is 5.03. The first kappa shape index (κ1) is 16.0. The van der Waals surface area contributed by atoms with Crippen molar-refractivity contribution >= 4 is 11.6 Å². The second-order valence-electron chi connectivity index (χ2n) is 6.08. The second-order valence-corrected chi connectivity index (χ2v) is 6.08. The summed E-state index contributed by atoms with van der Waals surface area (Å²) in [5.74, 6) is 7.83. The lowest BCUT2D eigenvalue weighted by Crippen LogP contribution is -2.31. The number of aliphatic hydroxyl groups is 1. The van der Waals surface area contributed by atoms with Gasteiger partial charge >= 0.3 is 0 Å². The van der Waals surface area contributed by atoms with Gasteiger partial charge in [-0.2, -0.15) is 0 Å². The first-order chi connectivity index (χ1) is 10.1. The van der Waals surface area contributed by atoms with Crippen LogP contribution in [0.5, 0.6) is 0 Å². The van der Waals surface area contributed by atoms with Crippen LogP contribution in [-0.2, 0) is 6.42 Å². The maximum Gasteiger partial charge on any atom is 0.148 e. The fourth-order valence-electron chi connectivity index (χ4n) is 3.00. The number of aliphatic hydroxyl groups excluding tert-OH is 1. The third-order valence-corrected chi connectivity index (χ3v) is 4.43. The monoisotopic (exact) mass is 293 g/mol. The Kier molecular flexibility index (Phi) is 5.36. The third kappa shape index (κ3) is 3.63. The van der Waals surface area contributed by atoms with Crippen LogP contribution >= 0.6 is 0 Å². The molecule has 1 aromatic rings. The minimum atomic E-state index is -0.00137. The number of hydrogen-bond donors (Lipinski definition) is 4. The number of hydrogen-bond acceptors (Lipinski definition) is 6. The highest BCUT2D eigenvalue weighted by atomic mass is 16.3. The number of anilines is 2. The van der Waals surface area contributed by atoms with E-state index in [2.05, 4.69) is 27.6 Å². The van der Waals surface area contributed by atoms with E-state index in [9.17, 15) is 5.11 Å². The van der Waals surface area contributed by atoms with Crippen LogP contribution < -0.4 is 16.6 Å². The van der Waals surface area contributed by atoms with Crippen molar-refractivity contribution in [3.63, 3.8) is 0 Å². The summed E-state index contributed by atoms with van der Waals surface area (Å²) in [5.41, 5.74) is 3.56. The molecular weight excluding hydrogens is 266 g/mol. The Morgan fingerprint density at radius 1 is 1.24 bits per heavy atom. The van der Waals surface area contributed by atoms with Crippen molar-refractivity contribution in [3.8, 4) is 0 Å². The molecule has 1 aliphatic carbocycles. The number of aryl methyl sites for hydroxylation is 1. The molecular formula is C15H27N5O. The van der Waals surface area contributed by atoms with Gasteiger partial charge in [0.15, 0.2) is 0 Å². The van der Waals surface area contributed by atoms with Gasteiger partial charge in [0.05, 0.1) is 6.61 Å². The van der Waals surface area contributed by atoms with E-state index in [1.165, 1.54) is 12.8 Å². The van der Waals surface area contributed by atoms with Gasteiger partial charge in [-0.15, -0.1) is 0 Å². The summed E-state index contributed by atoms with van der Waals surface area (Å²) in [6.07, 6.45) is 6.36. The number of rotatable bonds is 7. The molecule has 1 fully saturated rings. The summed E-state index contributed by atoms with van der Waals surface area (Å²) in [4.78, 5) is 9.02. The van der Waals surface area contributed by atoms with E-state index in [-0.39, 0.29) is 12.0 Å². The smallest absolute Gasteiger partial charge is 0.148 e. The predicted octanol–water partition coefficient (Wildman–Crippen LogP) is 1.99. The van der Waals surface area contributed by atoms with Crippen molar-refractivity contribution in [1.29, 1.82) is 0 Å². The van der Waals surface area contributed by atoms with Gasteiger partial charge in [0.25, 0.3) is 0 Å². The quantitative estimate of drug-likeness (QED) is 0.453. The van der Waals surface area contributed by atoms with Crippen molar-refractivity contribution in [1.82, 2.24) is 9.97 Å². The fraction of sp³-hybridized carbons (Fsp3) is 0.733. The maximum absolute atomic E-state index is 9.70. The van der Waals surface area contributed by atoms with E-state index >= 15 is 0 Å². The van der Waals surface area contributed by atoms with Crippen molar-refractivity contribution < 1.29 is 5.11 Å². The van der Waals surface area contributed by atoms with Crippen LogP contribution in [0.1, 0.15) is 50.4 Å². The molecule has 0 aromatic carbocycles. The number of nitrogens with one attached hydrogen (secondary N) is 2. The first-order valence-electron chi connectivity index (χ1n) is 7.83. The lowest BCUT2D eigenvalue weighted by atomic mass is 9.87. The average molecular weight is 293 g/mol. The highest BCUT2D eigenvalue weighted by Crippen LogP contribution is 2.37. The molecule has 6 nitrogen and oxygen atoms in total. The molecule has 1 aliphatic rings. The minimum absolute atomic E-state index is 0.00137. The molecule has 6 heteroatoms. The summed E-state index contributed by atoms with van der Waals surface area (Å²) < 4.78 is 0. The summed E-state index contributed by atoms with van der Waals surface area (Å²) in [5, 5.41) is 13.1. The zero-order valence-electron chi connectivity index (χ0n) is 13.1. The van der Waals surface area contributed by atoms with Gasteiger partial charge in [0.1, 0.15) is 17.5 Å². The highest BCUT2D eigenvalue weighted by molar-refractivity contribution is 5.56. The normalized spacial score (nSPS) is 17.0. The van der Waals surface area contributed by atoms with Crippen LogP contribution in [0, 0.1) is 12.3 Å². The number of nitrogens with zero attached hydrogens (tertiary/aromatic N) is 2. The molecule has 1 aromatic heterocycles. The van der Waals surface area contributed by atoms with Gasteiger partial charge in [0.2, 0.25) is 0 Å². The SMILES string of the molecule is CCCc1nc(NN)c(C)c(NCC2(CO)CCCC2)n1. The van der Waals surface area contributed by atoms with E-state index < -0.39 is 0 Å². The lowest BCUT2D eigenvalue weighted by molar-refractivity contribution is 0.142. The number of nitrogens with two attached hydrogens (primary N) is 1. The van der Waals surface area contributed by atoms with Crippen LogP contribution in [0.4, 0.5) is 11.6 Å². The Morgan fingerprint density at radius 2 is 1.90 bits per heavy atom. The molecule has 0 atom stereocenters. The zero-order valence-corrected chi connectivity index (χ0v) is 13.1. The van der Waals surface area contributed by atoms with Gasteiger partial charge in [-0.1, -0.05) is 19.8 Å². The number of hydrazine groups is 1. The largest absolute Gasteiger partial charge is 0.396 e. The Morgan fingerprint density at radius 3 is 2.48 bits per heavy atom. The van der Waals surface area contributed by atoms with Crippen molar-refractivity contribution in [2.45, 2.75) is 52.4 Å². The lowest BCUT2D eigenvalue weighted by Gasteiger charge is -2.27. The number of nitrogen functional groups attached to an aromatic ring is 1. The van der Waals surface area contributed by atoms with Crippen LogP contribution in [-0.4, -0.2) is 28.2 Å². The minimum Gasteiger partial charge on any atom is -0.396 e. The molecule has 1 heterocycles. The predicted molar refractivity (Wildman–Crippen MR) is 85.1 cm³/mol. The Balaban J connectivity index is 2.16. The van der Waals surface area contributed by atoms with E-state index in [1.54, 1.807) is 0 Å². The van der Waals surface area contributed by atoms with Crippen molar-refractivity contribution in [3.05, 3.63) is 11.4 Å². The molecule has 1 saturated carbocycles. The Bertz CT molecular complexity index is 471. The van der Waals surface area contributed by atoms with Crippen molar-refractivity contribution in [2.24, 2.45) is 11.3 Å². The van der Waals surface area contributed by atoms with Crippen molar-refractivity contribution in [2.75, 3.05) is 23.9 Å². The Labute approximate surface area is 126 Å². The summed E-state index contributed by atoms with van der Waals surface area (Å²) in [6, 6.07) is 0. The topological polar surface area (TPSA) is 96.1 Å². The second kappa shape index (κ2) is 7.04. The first-order valence-corrected chi connectivity index (χ1v) is 7.83. The van der Waals surface area contributed by atoms with Gasteiger partial charge in [-0.05, 0) is 26.2 Å². The molecule has 118 valence electrons. The molecule has 0 radical (unpaired) electrons. The van der Waals surface area contributed by atoms with Crippen LogP contribution in [0.2, 0.25) is 0 Å². The van der Waals surface area contributed by atoms with Gasteiger partial charge in [-0.3, -0.25) is 0 Å². The summed E-state index contributed by atoms with van der Waals surface area (Å²) >= 11 is 0. The molecule has 0 amide bonds. The molecule has 0 saturated heterocycles. The highest BCUT2D eigenvalue weighted by Gasteiger charge is 2.33. The standard InChI is InChI=1S/C15H27N5O/c1-3-6-12-18-13(11(2)14(19-12)20-16)17-9-15(10-21)7-4-5-8-15/h21H,3-10,16H2,1-2H3,(H2,17,18,19,20). The molecule has 0 unspecified atom stereocenters. The van der Waals surface area contributed by atoms with Gasteiger partial charge < -0.3 is 15.8 Å². The average Bonchev–Trinajstić information content (AvgIpc) is 2.97. The van der Waals surface area contributed by atoms with E-state index in [0.717, 1.165) is 49.4 Å². The molecule has 2 rings (SSSR count). The fourth-order valence-corrected chi connectivity index (χ4v) is 3.00. The van der Waals surface area contributed by atoms with E-state index in [0.29, 0.717) is 5.82 Å². The van der Waals surface area contributed by atoms with E-state index in [4.69, 9.17) is 5.84 Å². The number of aromatic nitrogens is 2. The van der Waals surface area contributed by atoms with Gasteiger partial charge in [0, 0.05) is 23.9 Å². The molecule has 21 heavy (non-hydrogen) atoms.